The van der Waals surface area contributed by atoms with E-state index < -0.39 is 144 Å². The van der Waals surface area contributed by atoms with Crippen molar-refractivity contribution in [2.75, 3.05) is 0 Å². The second-order valence-corrected chi connectivity index (χ2v) is 16.2. The summed E-state index contributed by atoms with van der Waals surface area (Å²) < 4.78 is 296. The third-order valence-electron chi connectivity index (χ3n) is 11.9. The van der Waals surface area contributed by atoms with E-state index in [-0.39, 0.29) is 5.78 Å². The van der Waals surface area contributed by atoms with E-state index >= 15 is 35.1 Å². The first-order valence-corrected chi connectivity index (χ1v) is 20.7. The van der Waals surface area contributed by atoms with E-state index in [1.165, 1.54) is 10.9 Å². The van der Waals surface area contributed by atoms with E-state index in [2.05, 4.69) is 66.9 Å². The van der Waals surface area contributed by atoms with Gasteiger partial charge in [0.2, 0.25) is 18.0 Å². The summed E-state index contributed by atoms with van der Waals surface area (Å²) in [4.78, 5) is 12.9. The minimum Gasteiger partial charge on any atom is -0.287 e. The maximum atomic E-state index is 15.4. The van der Waals surface area contributed by atoms with Crippen LogP contribution in [0.3, 0.4) is 0 Å². The molecular weight excluding hydrogens is 1020 g/mol. The molecule has 0 radical (unpaired) electrons. The number of aromatic nitrogens is 1. The molecule has 1 heterocycles. The molecule has 8 aromatic rings. The van der Waals surface area contributed by atoms with Gasteiger partial charge in [-0.05, 0) is 35.1 Å². The van der Waals surface area contributed by atoms with Gasteiger partial charge < -0.3 is 0 Å². The minimum atomic E-state index is -7.22. The molecule has 0 amide bonds. The van der Waals surface area contributed by atoms with Crippen LogP contribution in [0.1, 0.15) is 35.7 Å². The zero-order valence-corrected chi connectivity index (χ0v) is 36.4. The fraction of sp³-hybridized carbons (Fsp3) is 0.0800. The third-order valence-corrected chi connectivity index (χ3v) is 11.9. The van der Waals surface area contributed by atoms with Crippen LogP contribution in [0, 0.1) is 116 Å². The monoisotopic (exact) mass is 1050 g/mol. The molecule has 0 aliphatic carbocycles. The van der Waals surface area contributed by atoms with Crippen molar-refractivity contribution < 1.29 is 97.2 Å². The number of carbonyl (C=O) groups excluding carboxylic acids is 1. The molecule has 1 aromatic heterocycles. The molecule has 0 fully saturated rings. The number of halogens is 20. The van der Waals surface area contributed by atoms with Crippen LogP contribution < -0.4 is 26.4 Å². The Bertz CT molecular complexity index is 3150. The Morgan fingerprint density at radius 1 is 0.397 bits per heavy atom. The number of hydrogen-bond acceptors (Lipinski definition) is 1. The first-order valence-electron chi connectivity index (χ1n) is 20.7. The second-order valence-electron chi connectivity index (χ2n) is 16.2. The summed E-state index contributed by atoms with van der Waals surface area (Å²) in [5, 5.41) is 2.33. The molecule has 0 atom stereocenters. The largest absolute Gasteiger partial charge is 0.287 e. The summed E-state index contributed by atoms with van der Waals surface area (Å²) >= 11 is 0. The molecule has 0 bridgehead atoms. The quantitative estimate of drug-likeness (QED) is 0.0352. The van der Waals surface area contributed by atoms with Crippen molar-refractivity contribution in [2.24, 2.45) is 0 Å². The van der Waals surface area contributed by atoms with Gasteiger partial charge in [-0.3, -0.25) is 4.79 Å². The average molecular weight is 1050 g/mol. The van der Waals surface area contributed by atoms with Crippen molar-refractivity contribution in [3.63, 3.8) is 0 Å². The van der Waals surface area contributed by atoms with Gasteiger partial charge in [0.25, 0.3) is 0 Å². The Kier molecular flexibility index (Phi) is 14.6. The van der Waals surface area contributed by atoms with E-state index in [9.17, 15) is 57.5 Å². The van der Waals surface area contributed by atoms with Crippen molar-refractivity contribution in [1.29, 1.82) is 0 Å². The fourth-order valence-electron chi connectivity index (χ4n) is 8.48. The molecule has 0 aliphatic heterocycles. The smallest absolute Gasteiger partial charge is 0.227 e. The highest BCUT2D eigenvalue weighted by Crippen LogP contribution is 2.32. The van der Waals surface area contributed by atoms with Crippen molar-refractivity contribution in [1.82, 2.24) is 0 Å². The van der Waals surface area contributed by atoms with Gasteiger partial charge in [0.15, 0.2) is 76.0 Å². The van der Waals surface area contributed by atoms with E-state index in [1.807, 2.05) is 42.6 Å². The van der Waals surface area contributed by atoms with Crippen LogP contribution in [0.4, 0.5) is 87.8 Å². The first kappa shape index (κ1) is 53.1. The lowest BCUT2D eigenvalue weighted by Gasteiger charge is -2.44. The predicted octanol–water partition coefficient (Wildman–Crippen LogP) is 11.6. The minimum absolute atomic E-state index is 0.112. The fourth-order valence-corrected chi connectivity index (χ4v) is 8.48. The number of Topliss-reactive ketones (excluding diaryl/α,β-unsaturated/α-hetero) is 1. The van der Waals surface area contributed by atoms with Crippen molar-refractivity contribution in [3.8, 4) is 11.3 Å². The van der Waals surface area contributed by atoms with Gasteiger partial charge in [0.05, 0.1) is 5.39 Å². The van der Waals surface area contributed by atoms with Crippen LogP contribution in [0.15, 0.2) is 91.1 Å². The lowest BCUT2D eigenvalue weighted by molar-refractivity contribution is -0.671. The van der Waals surface area contributed by atoms with Crippen molar-refractivity contribution >= 4 is 44.6 Å². The van der Waals surface area contributed by atoms with Crippen molar-refractivity contribution in [3.05, 3.63) is 219 Å². The Balaban J connectivity index is 0.000000237. The van der Waals surface area contributed by atoms with E-state index in [4.69, 9.17) is 0 Å². The number of ketones is 1. The van der Waals surface area contributed by atoms with Crippen LogP contribution in [-0.2, 0) is 6.54 Å². The van der Waals surface area contributed by atoms with Crippen LogP contribution in [0.5, 0.6) is 0 Å². The molecule has 23 heteroatoms. The van der Waals surface area contributed by atoms with E-state index in [0.29, 0.717) is 12.5 Å². The van der Waals surface area contributed by atoms with Gasteiger partial charge in [0, 0.05) is 17.2 Å². The Labute approximate surface area is 397 Å². The second kappa shape index (κ2) is 20.1. The molecule has 0 unspecified atom stereocenters. The molecule has 0 saturated carbocycles. The van der Waals surface area contributed by atoms with Gasteiger partial charge in [-0.2, -0.15) is 4.57 Å². The van der Waals surface area contributed by atoms with Crippen LogP contribution in [0.2, 0.25) is 0 Å². The molecule has 73 heavy (non-hydrogen) atoms. The number of fused-ring (bicyclic) bond motifs is 1. The van der Waals surface area contributed by atoms with Crippen LogP contribution in [-0.4, -0.2) is 11.9 Å². The number of benzene rings is 7. The Hall–Kier alpha value is -7.72. The summed E-state index contributed by atoms with van der Waals surface area (Å²) in [5.74, 6) is -70.8. The highest BCUT2D eigenvalue weighted by molar-refractivity contribution is 7.20. The highest BCUT2D eigenvalue weighted by atomic mass is 19.2. The standard InChI is InChI=1S/C26H24NO.C24BF20/c1-19(2)20-12-14-23(15-13-20)26-24-11-7-6-8-21(24)16-17-27(26)18-25(28)22-9-4-3-5-10-22;26-5-1(6(27)14(35)21(42)13(5)34)25(2-7(28)15(36)22(43)16(37)8(2)29,3-9(30)17(38)23(44)18(39)10(3)31)4-11(32)19(40)24(45)20(41)12(4)33/h3-17,19H,18H2,1-2H3;/q+1;-1. The maximum Gasteiger partial charge on any atom is 0.227 e. The molecule has 0 aliphatic rings. The maximum absolute atomic E-state index is 15.4. The summed E-state index contributed by atoms with van der Waals surface area (Å²) in [7, 11) is 0. The summed E-state index contributed by atoms with van der Waals surface area (Å²) in [5.41, 5.74) is -10.1. The summed E-state index contributed by atoms with van der Waals surface area (Å²) in [6.45, 7) is 4.72. The number of hydrogen-bond donors (Lipinski definition) is 0. The molecule has 378 valence electrons. The molecule has 0 N–H and O–H groups in total. The van der Waals surface area contributed by atoms with Gasteiger partial charge in [-0.1, -0.05) is 74.5 Å². The van der Waals surface area contributed by atoms with Gasteiger partial charge in [-0.25, -0.2) is 87.8 Å². The van der Waals surface area contributed by atoms with Crippen molar-refractivity contribution in [2.45, 2.75) is 26.3 Å². The molecule has 0 saturated heterocycles. The van der Waals surface area contributed by atoms with Crippen LogP contribution >= 0.6 is 0 Å². The number of carbonyl (C=O) groups is 1. The zero-order valence-electron chi connectivity index (χ0n) is 36.4. The lowest BCUT2D eigenvalue weighted by atomic mass is 9.12. The predicted molar refractivity (Wildman–Crippen MR) is 224 cm³/mol. The number of rotatable bonds is 9. The number of pyridine rings is 1. The van der Waals surface area contributed by atoms with Crippen LogP contribution in [0.25, 0.3) is 22.0 Å². The average Bonchev–Trinajstić information content (AvgIpc) is 3.38. The van der Waals surface area contributed by atoms with Gasteiger partial charge in [0.1, 0.15) is 52.7 Å². The van der Waals surface area contributed by atoms with Gasteiger partial charge in [-0.15, -0.1) is 21.9 Å². The van der Waals surface area contributed by atoms with Gasteiger partial charge >= 0.3 is 0 Å². The topological polar surface area (TPSA) is 20.9 Å². The van der Waals surface area contributed by atoms with E-state index in [0.717, 1.165) is 22.2 Å². The molecule has 7 aromatic carbocycles. The first-order chi connectivity index (χ1) is 34.3. The highest BCUT2D eigenvalue weighted by Gasteiger charge is 2.52. The summed E-state index contributed by atoms with van der Waals surface area (Å²) in [6.07, 6.45) is -5.19. The van der Waals surface area contributed by atoms with E-state index in [1.54, 1.807) is 0 Å². The Morgan fingerprint density at radius 2 is 0.712 bits per heavy atom. The normalized spacial score (nSPS) is 11.7. The molecular formula is C50H24BF20NO. The molecule has 8 rings (SSSR count). The molecule has 2 nitrogen and oxygen atoms in total. The summed E-state index contributed by atoms with van der Waals surface area (Å²) in [6, 6.07) is 28.6. The number of nitrogens with zero attached hydrogens (tertiary/aromatic N) is 1. The zero-order chi connectivity index (χ0) is 53.9. The molecule has 0 spiro atoms. The third kappa shape index (κ3) is 8.60. The SMILES string of the molecule is CC(C)c1ccc(-c2c3ccccc3cc[n+]2CC(=O)c2ccccc2)cc1.Fc1c(F)c(F)c([B-](c2c(F)c(F)c(F)c(F)c2F)(c2c(F)c(F)c(F)c(F)c2F)c2c(F)c(F)c(F)c(F)c2F)c(F)c1F. The Morgan fingerprint density at radius 3 is 1.05 bits per heavy atom. The lowest BCUT2D eigenvalue weighted by Crippen LogP contribution is -2.81.